The van der Waals surface area contributed by atoms with Crippen molar-refractivity contribution in [3.63, 3.8) is 0 Å². The fourth-order valence-corrected chi connectivity index (χ4v) is 3.39. The van der Waals surface area contributed by atoms with Crippen LogP contribution in [0.5, 0.6) is 11.5 Å². The Bertz CT molecular complexity index is 872. The average molecular weight is 400 g/mol. The standard InChI is InChI=1S/C21H22BrNO2/c1-14(2)25-21-18(22)11-15(12-20(21)24-3)13-23-19-10-6-8-16-7-4-5-9-17(16)19/h4-12,14,23H,13H2,1-3H3. The van der Waals surface area contributed by atoms with Crippen molar-refractivity contribution in [3.05, 3.63) is 64.6 Å². The summed E-state index contributed by atoms with van der Waals surface area (Å²) in [7, 11) is 1.66. The summed E-state index contributed by atoms with van der Waals surface area (Å²) in [6, 6.07) is 18.8. The van der Waals surface area contributed by atoms with Crippen LogP contribution in [0.3, 0.4) is 0 Å². The zero-order chi connectivity index (χ0) is 17.8. The Morgan fingerprint density at radius 3 is 2.56 bits per heavy atom. The number of hydrogen-bond donors (Lipinski definition) is 1. The van der Waals surface area contributed by atoms with Gasteiger partial charge in [0.2, 0.25) is 0 Å². The monoisotopic (exact) mass is 399 g/mol. The molecule has 3 aromatic carbocycles. The number of rotatable bonds is 6. The van der Waals surface area contributed by atoms with Crippen molar-refractivity contribution in [2.24, 2.45) is 0 Å². The first kappa shape index (κ1) is 17.6. The van der Waals surface area contributed by atoms with E-state index in [1.165, 1.54) is 10.8 Å². The lowest BCUT2D eigenvalue weighted by atomic mass is 10.1. The van der Waals surface area contributed by atoms with Crippen molar-refractivity contribution in [1.29, 1.82) is 0 Å². The summed E-state index contributed by atoms with van der Waals surface area (Å²) >= 11 is 3.60. The van der Waals surface area contributed by atoms with Crippen molar-refractivity contribution in [2.45, 2.75) is 26.5 Å². The van der Waals surface area contributed by atoms with E-state index in [2.05, 4.69) is 69.8 Å². The molecule has 1 N–H and O–H groups in total. The number of halogens is 1. The van der Waals surface area contributed by atoms with Crippen LogP contribution in [-0.2, 0) is 6.54 Å². The molecule has 0 fully saturated rings. The van der Waals surface area contributed by atoms with Crippen LogP contribution in [0.15, 0.2) is 59.1 Å². The molecule has 0 radical (unpaired) electrons. The molecule has 0 atom stereocenters. The average Bonchev–Trinajstić information content (AvgIpc) is 2.61. The quantitative estimate of drug-likeness (QED) is 0.550. The van der Waals surface area contributed by atoms with Crippen molar-refractivity contribution in [2.75, 3.05) is 12.4 Å². The topological polar surface area (TPSA) is 30.5 Å². The summed E-state index contributed by atoms with van der Waals surface area (Å²) in [6.07, 6.45) is 0.0878. The van der Waals surface area contributed by atoms with E-state index in [1.807, 2.05) is 19.9 Å². The van der Waals surface area contributed by atoms with Crippen molar-refractivity contribution >= 4 is 32.4 Å². The second-order valence-corrected chi connectivity index (χ2v) is 7.01. The number of benzene rings is 3. The Labute approximate surface area is 157 Å². The van der Waals surface area contributed by atoms with E-state index in [0.717, 1.165) is 27.2 Å². The van der Waals surface area contributed by atoms with Gasteiger partial charge >= 0.3 is 0 Å². The van der Waals surface area contributed by atoms with Crippen LogP contribution in [0, 0.1) is 0 Å². The molecular formula is C21H22BrNO2. The lowest BCUT2D eigenvalue weighted by Crippen LogP contribution is -2.08. The summed E-state index contributed by atoms with van der Waals surface area (Å²) in [5, 5.41) is 5.97. The van der Waals surface area contributed by atoms with Gasteiger partial charge < -0.3 is 14.8 Å². The van der Waals surface area contributed by atoms with Crippen LogP contribution >= 0.6 is 15.9 Å². The highest BCUT2D eigenvalue weighted by atomic mass is 79.9. The molecule has 4 heteroatoms. The van der Waals surface area contributed by atoms with E-state index in [4.69, 9.17) is 9.47 Å². The molecular weight excluding hydrogens is 378 g/mol. The van der Waals surface area contributed by atoms with Gasteiger partial charge in [0.05, 0.1) is 17.7 Å². The van der Waals surface area contributed by atoms with Crippen molar-refractivity contribution in [3.8, 4) is 11.5 Å². The molecule has 0 saturated heterocycles. The highest BCUT2D eigenvalue weighted by Crippen LogP contribution is 2.37. The molecule has 0 saturated carbocycles. The fraction of sp³-hybridized carbons (Fsp3) is 0.238. The first-order valence-corrected chi connectivity index (χ1v) is 9.12. The SMILES string of the molecule is COc1cc(CNc2cccc3ccccc23)cc(Br)c1OC(C)C. The summed E-state index contributed by atoms with van der Waals surface area (Å²) in [4.78, 5) is 0. The minimum Gasteiger partial charge on any atom is -0.493 e. The van der Waals surface area contributed by atoms with E-state index in [0.29, 0.717) is 6.54 Å². The summed E-state index contributed by atoms with van der Waals surface area (Å²) in [5.41, 5.74) is 2.24. The van der Waals surface area contributed by atoms with Crippen LogP contribution in [0.2, 0.25) is 0 Å². The van der Waals surface area contributed by atoms with Gasteiger partial charge in [-0.05, 0) is 58.9 Å². The largest absolute Gasteiger partial charge is 0.493 e. The van der Waals surface area contributed by atoms with Crippen molar-refractivity contribution in [1.82, 2.24) is 0 Å². The van der Waals surface area contributed by atoms with Gasteiger partial charge in [0, 0.05) is 17.6 Å². The molecule has 25 heavy (non-hydrogen) atoms. The zero-order valence-corrected chi connectivity index (χ0v) is 16.3. The lowest BCUT2D eigenvalue weighted by Gasteiger charge is -2.17. The molecule has 0 bridgehead atoms. The summed E-state index contributed by atoms with van der Waals surface area (Å²) in [6.45, 7) is 4.70. The molecule has 0 amide bonds. The van der Waals surface area contributed by atoms with E-state index in [1.54, 1.807) is 7.11 Å². The molecule has 3 rings (SSSR count). The van der Waals surface area contributed by atoms with Crippen molar-refractivity contribution < 1.29 is 9.47 Å². The maximum atomic E-state index is 5.85. The maximum absolute atomic E-state index is 5.85. The highest BCUT2D eigenvalue weighted by Gasteiger charge is 2.13. The number of hydrogen-bond acceptors (Lipinski definition) is 3. The Morgan fingerprint density at radius 2 is 1.80 bits per heavy atom. The number of methoxy groups -OCH3 is 1. The number of nitrogens with one attached hydrogen (secondary N) is 1. The third kappa shape index (κ3) is 4.07. The van der Waals surface area contributed by atoms with Gasteiger partial charge in [0.15, 0.2) is 11.5 Å². The van der Waals surface area contributed by atoms with Crippen LogP contribution in [0.1, 0.15) is 19.4 Å². The van der Waals surface area contributed by atoms with Crippen LogP contribution in [0.25, 0.3) is 10.8 Å². The lowest BCUT2D eigenvalue weighted by molar-refractivity contribution is 0.228. The molecule has 3 aromatic rings. The molecule has 0 aliphatic rings. The molecule has 0 heterocycles. The number of ether oxygens (including phenoxy) is 2. The predicted molar refractivity (Wildman–Crippen MR) is 108 cm³/mol. The number of fused-ring (bicyclic) bond motifs is 1. The molecule has 0 unspecified atom stereocenters. The van der Waals surface area contributed by atoms with Gasteiger partial charge in [-0.1, -0.05) is 36.4 Å². The summed E-state index contributed by atoms with van der Waals surface area (Å²) < 4.78 is 12.3. The fourth-order valence-electron chi connectivity index (χ4n) is 2.80. The van der Waals surface area contributed by atoms with Gasteiger partial charge in [0.25, 0.3) is 0 Å². The second-order valence-electron chi connectivity index (χ2n) is 6.16. The minimum absolute atomic E-state index is 0.0878. The third-order valence-electron chi connectivity index (χ3n) is 3.92. The Morgan fingerprint density at radius 1 is 1.04 bits per heavy atom. The van der Waals surface area contributed by atoms with Crippen LogP contribution in [0.4, 0.5) is 5.69 Å². The third-order valence-corrected chi connectivity index (χ3v) is 4.50. The van der Waals surface area contributed by atoms with Gasteiger partial charge in [-0.3, -0.25) is 0 Å². The molecule has 130 valence electrons. The molecule has 0 aliphatic carbocycles. The highest BCUT2D eigenvalue weighted by molar-refractivity contribution is 9.10. The van der Waals surface area contributed by atoms with Gasteiger partial charge in [-0.15, -0.1) is 0 Å². The second kappa shape index (κ2) is 7.79. The molecule has 0 spiro atoms. The van der Waals surface area contributed by atoms with Gasteiger partial charge in [-0.25, -0.2) is 0 Å². The maximum Gasteiger partial charge on any atom is 0.175 e. The van der Waals surface area contributed by atoms with Gasteiger partial charge in [0.1, 0.15) is 0 Å². The zero-order valence-electron chi connectivity index (χ0n) is 14.7. The van der Waals surface area contributed by atoms with E-state index in [-0.39, 0.29) is 6.10 Å². The normalized spacial score (nSPS) is 10.9. The first-order valence-electron chi connectivity index (χ1n) is 8.33. The van der Waals surface area contributed by atoms with E-state index in [9.17, 15) is 0 Å². The molecule has 0 aromatic heterocycles. The Kier molecular flexibility index (Phi) is 5.49. The Hall–Kier alpha value is -2.20. The minimum atomic E-state index is 0.0878. The smallest absolute Gasteiger partial charge is 0.175 e. The van der Waals surface area contributed by atoms with E-state index >= 15 is 0 Å². The molecule has 0 aliphatic heterocycles. The van der Waals surface area contributed by atoms with Gasteiger partial charge in [-0.2, -0.15) is 0 Å². The van der Waals surface area contributed by atoms with Crippen LogP contribution in [-0.4, -0.2) is 13.2 Å². The number of anilines is 1. The Balaban J connectivity index is 1.84. The first-order chi connectivity index (χ1) is 12.1. The molecule has 3 nitrogen and oxygen atoms in total. The van der Waals surface area contributed by atoms with Crippen LogP contribution < -0.4 is 14.8 Å². The predicted octanol–water partition coefficient (Wildman–Crippen LogP) is 6.01. The summed E-state index contributed by atoms with van der Waals surface area (Å²) in [5.74, 6) is 1.48. The van der Waals surface area contributed by atoms with E-state index < -0.39 is 0 Å².